The average Bonchev–Trinajstić information content (AvgIpc) is 2.69. The lowest BCUT2D eigenvalue weighted by atomic mass is 10.3. The van der Waals surface area contributed by atoms with Crippen LogP contribution in [0.5, 0.6) is 5.75 Å². The second-order valence-electron chi connectivity index (χ2n) is 5.95. The first-order chi connectivity index (χ1) is 13.4. The molecule has 0 unspecified atom stereocenters. The lowest BCUT2D eigenvalue weighted by Gasteiger charge is -2.26. The number of carbonyl (C=O) groups excluding carboxylic acids is 1. The van der Waals surface area contributed by atoms with Gasteiger partial charge in [-0.2, -0.15) is 4.31 Å². The fraction of sp³-hybridized carbons (Fsp3) is 0.278. The highest BCUT2D eigenvalue weighted by Gasteiger charge is 2.26. The second kappa shape index (κ2) is 8.99. The Labute approximate surface area is 170 Å². The number of benzene rings is 2. The molecule has 0 aliphatic carbocycles. The Hall–Kier alpha value is -2.01. The molecule has 1 saturated heterocycles. The van der Waals surface area contributed by atoms with Crippen LogP contribution >= 0.6 is 15.9 Å². The molecule has 1 N–H and O–H groups in total. The van der Waals surface area contributed by atoms with E-state index < -0.39 is 21.7 Å². The first-order valence-corrected chi connectivity index (χ1v) is 10.7. The van der Waals surface area contributed by atoms with Crippen molar-refractivity contribution < 1.29 is 27.1 Å². The molecule has 0 saturated carbocycles. The van der Waals surface area contributed by atoms with Gasteiger partial charge in [-0.3, -0.25) is 4.79 Å². The van der Waals surface area contributed by atoms with Crippen LogP contribution in [0.3, 0.4) is 0 Å². The zero-order valence-corrected chi connectivity index (χ0v) is 17.1. The zero-order chi connectivity index (χ0) is 20.1. The van der Waals surface area contributed by atoms with E-state index in [9.17, 15) is 17.6 Å². The Morgan fingerprint density at radius 1 is 1.18 bits per heavy atom. The molecular formula is C18H18BrFN2O5S. The monoisotopic (exact) mass is 472 g/mol. The summed E-state index contributed by atoms with van der Waals surface area (Å²) in [7, 11) is -3.59. The van der Waals surface area contributed by atoms with Crippen LogP contribution in [0, 0.1) is 5.82 Å². The van der Waals surface area contributed by atoms with E-state index in [-0.39, 0.29) is 17.2 Å². The fourth-order valence-corrected chi connectivity index (χ4v) is 4.31. The summed E-state index contributed by atoms with van der Waals surface area (Å²) in [4.78, 5) is 12.1. The van der Waals surface area contributed by atoms with Gasteiger partial charge in [0, 0.05) is 17.6 Å². The van der Waals surface area contributed by atoms with Gasteiger partial charge in [0.2, 0.25) is 10.0 Å². The maximum absolute atomic E-state index is 13.7. The Morgan fingerprint density at radius 2 is 1.86 bits per heavy atom. The Bertz CT molecular complexity index is 947. The SMILES string of the molecule is O=C(COc1ccc(S(=O)(=O)N2CCOCC2)cc1)Nc1ccc(Br)cc1F. The molecule has 28 heavy (non-hydrogen) atoms. The van der Waals surface area contributed by atoms with Gasteiger partial charge in [-0.05, 0) is 42.5 Å². The van der Waals surface area contributed by atoms with Crippen LogP contribution in [-0.4, -0.2) is 51.5 Å². The third-order valence-corrected chi connectivity index (χ3v) is 6.41. The number of hydrogen-bond acceptors (Lipinski definition) is 5. The van der Waals surface area contributed by atoms with E-state index >= 15 is 0 Å². The van der Waals surface area contributed by atoms with Gasteiger partial charge >= 0.3 is 0 Å². The van der Waals surface area contributed by atoms with Gasteiger partial charge in [-0.15, -0.1) is 0 Å². The van der Waals surface area contributed by atoms with Crippen molar-refractivity contribution in [1.29, 1.82) is 0 Å². The van der Waals surface area contributed by atoms with Crippen molar-refractivity contribution >= 4 is 37.5 Å². The molecule has 2 aromatic carbocycles. The van der Waals surface area contributed by atoms with Gasteiger partial charge in [-0.1, -0.05) is 15.9 Å². The summed E-state index contributed by atoms with van der Waals surface area (Å²) in [5.41, 5.74) is 0.0451. The van der Waals surface area contributed by atoms with Crippen LogP contribution in [-0.2, 0) is 19.6 Å². The number of rotatable bonds is 6. The van der Waals surface area contributed by atoms with E-state index in [1.807, 2.05) is 0 Å². The largest absolute Gasteiger partial charge is 0.484 e. The summed E-state index contributed by atoms with van der Waals surface area (Å²) >= 11 is 3.14. The summed E-state index contributed by atoms with van der Waals surface area (Å²) in [6, 6.07) is 10.1. The number of halogens is 2. The normalized spacial score (nSPS) is 15.2. The van der Waals surface area contributed by atoms with Crippen LogP contribution < -0.4 is 10.1 Å². The molecule has 0 atom stereocenters. The molecular weight excluding hydrogens is 455 g/mol. The second-order valence-corrected chi connectivity index (χ2v) is 8.80. The summed E-state index contributed by atoms with van der Waals surface area (Å²) in [6.07, 6.45) is 0. The zero-order valence-electron chi connectivity index (χ0n) is 14.7. The molecule has 10 heteroatoms. The number of sulfonamides is 1. The Kier molecular flexibility index (Phi) is 6.65. The minimum absolute atomic E-state index is 0.0451. The number of carbonyl (C=O) groups is 1. The van der Waals surface area contributed by atoms with Crippen molar-refractivity contribution in [3.63, 3.8) is 0 Å². The molecule has 7 nitrogen and oxygen atoms in total. The van der Waals surface area contributed by atoms with Crippen LogP contribution in [0.15, 0.2) is 51.8 Å². The maximum Gasteiger partial charge on any atom is 0.262 e. The molecule has 0 bridgehead atoms. The van der Waals surface area contributed by atoms with Gasteiger partial charge in [0.05, 0.1) is 23.8 Å². The number of nitrogens with zero attached hydrogens (tertiary/aromatic N) is 1. The lowest BCUT2D eigenvalue weighted by Crippen LogP contribution is -2.40. The van der Waals surface area contributed by atoms with E-state index in [0.29, 0.717) is 36.5 Å². The minimum atomic E-state index is -3.59. The summed E-state index contributed by atoms with van der Waals surface area (Å²) in [5, 5.41) is 2.41. The van der Waals surface area contributed by atoms with Gasteiger partial charge in [0.1, 0.15) is 11.6 Å². The third kappa shape index (κ3) is 5.07. The molecule has 1 fully saturated rings. The molecule has 1 heterocycles. The van der Waals surface area contributed by atoms with E-state index in [1.54, 1.807) is 6.07 Å². The molecule has 1 aliphatic heterocycles. The van der Waals surface area contributed by atoms with Crippen LogP contribution in [0.1, 0.15) is 0 Å². The highest BCUT2D eigenvalue weighted by atomic mass is 79.9. The van der Waals surface area contributed by atoms with Crippen molar-refractivity contribution in [1.82, 2.24) is 4.31 Å². The number of hydrogen-bond donors (Lipinski definition) is 1. The van der Waals surface area contributed by atoms with Gasteiger partial charge in [0.15, 0.2) is 6.61 Å². The molecule has 0 aromatic heterocycles. The van der Waals surface area contributed by atoms with Gasteiger partial charge in [0.25, 0.3) is 5.91 Å². The number of anilines is 1. The topological polar surface area (TPSA) is 84.9 Å². The van der Waals surface area contributed by atoms with Gasteiger partial charge in [-0.25, -0.2) is 12.8 Å². The summed E-state index contributed by atoms with van der Waals surface area (Å²) in [5.74, 6) is -0.779. The van der Waals surface area contributed by atoms with Crippen molar-refractivity contribution in [2.45, 2.75) is 4.90 Å². The molecule has 150 valence electrons. The van der Waals surface area contributed by atoms with Crippen molar-refractivity contribution in [3.05, 3.63) is 52.8 Å². The standard InChI is InChI=1S/C18H18BrFN2O5S/c19-13-1-6-17(16(20)11-13)21-18(23)12-27-14-2-4-15(5-3-14)28(24,25)22-7-9-26-10-8-22/h1-6,11H,7-10,12H2,(H,21,23). The van der Waals surface area contributed by atoms with Crippen molar-refractivity contribution in [3.8, 4) is 5.75 Å². The Morgan fingerprint density at radius 3 is 2.50 bits per heavy atom. The first-order valence-electron chi connectivity index (χ1n) is 8.42. The molecule has 2 aromatic rings. The highest BCUT2D eigenvalue weighted by Crippen LogP contribution is 2.21. The molecule has 0 radical (unpaired) electrons. The fourth-order valence-electron chi connectivity index (χ4n) is 2.57. The van der Waals surface area contributed by atoms with Crippen molar-refractivity contribution in [2.24, 2.45) is 0 Å². The minimum Gasteiger partial charge on any atom is -0.484 e. The number of morpholine rings is 1. The third-order valence-electron chi connectivity index (χ3n) is 4.01. The molecule has 1 aliphatic rings. The van der Waals surface area contributed by atoms with E-state index in [0.717, 1.165) is 0 Å². The van der Waals surface area contributed by atoms with Crippen LogP contribution in [0.2, 0.25) is 0 Å². The molecule has 0 spiro atoms. The quantitative estimate of drug-likeness (QED) is 0.698. The van der Waals surface area contributed by atoms with E-state index in [4.69, 9.17) is 9.47 Å². The van der Waals surface area contributed by atoms with Crippen LogP contribution in [0.25, 0.3) is 0 Å². The summed E-state index contributed by atoms with van der Waals surface area (Å²) < 4.78 is 51.3. The average molecular weight is 473 g/mol. The maximum atomic E-state index is 13.7. The lowest BCUT2D eigenvalue weighted by molar-refractivity contribution is -0.118. The smallest absolute Gasteiger partial charge is 0.262 e. The number of nitrogens with one attached hydrogen (secondary N) is 1. The van der Waals surface area contributed by atoms with Crippen LogP contribution in [0.4, 0.5) is 10.1 Å². The predicted octanol–water partition coefficient (Wildman–Crippen LogP) is 2.63. The molecule has 3 rings (SSSR count). The summed E-state index contributed by atoms with van der Waals surface area (Å²) in [6.45, 7) is 1.02. The van der Waals surface area contributed by atoms with Gasteiger partial charge < -0.3 is 14.8 Å². The Balaban J connectivity index is 1.57. The van der Waals surface area contributed by atoms with Crippen molar-refractivity contribution in [2.75, 3.05) is 38.2 Å². The first kappa shape index (κ1) is 20.7. The molecule has 1 amide bonds. The number of ether oxygens (including phenoxy) is 2. The predicted molar refractivity (Wildman–Crippen MR) is 104 cm³/mol. The number of amides is 1. The highest BCUT2D eigenvalue weighted by molar-refractivity contribution is 9.10. The van der Waals surface area contributed by atoms with E-state index in [2.05, 4.69) is 21.2 Å². The van der Waals surface area contributed by atoms with E-state index in [1.165, 1.54) is 40.7 Å².